The number of carboxylic acid groups (broad SMARTS) is 1. The first kappa shape index (κ1) is 34.8. The lowest BCUT2D eigenvalue weighted by Gasteiger charge is -2.49. The van der Waals surface area contributed by atoms with Gasteiger partial charge in [0.25, 0.3) is 11.8 Å². The Morgan fingerprint density at radius 1 is 1.24 bits per heavy atom. The van der Waals surface area contributed by atoms with Crippen LogP contribution in [0.2, 0.25) is 0 Å². The Hall–Kier alpha value is -5.10. The number of hydrogen-bond donors (Lipinski definition) is 3. The zero-order valence-electron chi connectivity index (χ0n) is 27.6. The number of rotatable bonds is 10. The van der Waals surface area contributed by atoms with Crippen LogP contribution < -0.4 is 15.6 Å². The van der Waals surface area contributed by atoms with E-state index >= 15 is 0 Å². The minimum Gasteiger partial charge on any atom is -0.477 e. The van der Waals surface area contributed by atoms with Crippen LogP contribution in [0.1, 0.15) is 42.1 Å². The first-order valence-corrected chi connectivity index (χ1v) is 17.2. The summed E-state index contributed by atoms with van der Waals surface area (Å²) in [4.78, 5) is 53.6. The minimum atomic E-state index is -2.76. The average Bonchev–Trinajstić information content (AvgIpc) is 3.73. The van der Waals surface area contributed by atoms with Crippen LogP contribution in [0.25, 0.3) is 5.57 Å². The molecule has 6 heterocycles. The molecule has 1 saturated heterocycles. The molecule has 0 aliphatic carbocycles. The van der Waals surface area contributed by atoms with Gasteiger partial charge in [-0.3, -0.25) is 28.1 Å². The number of β-lactam (4-membered cyclic amide) rings is 1. The van der Waals surface area contributed by atoms with Gasteiger partial charge in [0.15, 0.2) is 29.8 Å². The maximum absolute atomic E-state index is 14.3. The largest absolute Gasteiger partial charge is 0.677 e. The molecule has 2 atom stereocenters. The fourth-order valence-corrected chi connectivity index (χ4v) is 8.24. The number of oxime groups is 1. The van der Waals surface area contributed by atoms with E-state index in [1.54, 1.807) is 49.0 Å². The molecule has 3 aliphatic heterocycles. The normalized spacial score (nSPS) is 19.9. The monoisotopic (exact) mass is 721 g/mol. The highest BCUT2D eigenvalue weighted by molar-refractivity contribution is 8.00. The van der Waals surface area contributed by atoms with Gasteiger partial charge < -0.3 is 25.5 Å². The first-order valence-electron chi connectivity index (χ1n) is 15.3. The third-order valence-electron chi connectivity index (χ3n) is 8.43. The number of thioether (sulfide) groups is 1. The lowest BCUT2D eigenvalue weighted by atomic mass is 9.95. The van der Waals surface area contributed by atoms with Crippen molar-refractivity contribution in [3.05, 3.63) is 92.8 Å². The molecule has 2 amide bonds. The molecule has 0 unspecified atom stereocenters. The van der Waals surface area contributed by atoms with Crippen LogP contribution in [-0.2, 0) is 25.8 Å². The molecule has 0 saturated carbocycles. The Morgan fingerprint density at radius 3 is 2.54 bits per heavy atom. The highest BCUT2D eigenvalue weighted by Crippen LogP contribution is 2.41. The number of allylic oxidation sites excluding steroid dienone is 2. The van der Waals surface area contributed by atoms with Crippen LogP contribution in [-0.4, -0.2) is 80.4 Å². The number of carboxylic acids is 1. The van der Waals surface area contributed by atoms with Crippen molar-refractivity contribution < 1.29 is 37.5 Å². The summed E-state index contributed by atoms with van der Waals surface area (Å²) in [6.07, 6.45) is 5.38. The van der Waals surface area contributed by atoms with E-state index in [9.17, 15) is 28.1 Å². The molecular formula is C32H32BF2N8O5S2+. The summed E-state index contributed by atoms with van der Waals surface area (Å²) in [7, 11) is -1.50. The van der Waals surface area contributed by atoms with E-state index in [0.29, 0.717) is 39.4 Å². The zero-order chi connectivity index (χ0) is 36.0. The number of hydrogen-bond acceptors (Lipinski definition) is 10. The smallest absolute Gasteiger partial charge is 0.477 e. The molecule has 258 valence electrons. The molecule has 50 heavy (non-hydrogen) atoms. The van der Waals surface area contributed by atoms with E-state index in [-0.39, 0.29) is 34.5 Å². The van der Waals surface area contributed by atoms with Crippen molar-refractivity contribution in [1.82, 2.24) is 19.7 Å². The van der Waals surface area contributed by atoms with Crippen LogP contribution in [0, 0.1) is 13.8 Å². The second-order valence-corrected chi connectivity index (χ2v) is 13.8. The second kappa shape index (κ2) is 13.7. The number of nitrogen functional groups attached to an aromatic ring is 1. The highest BCUT2D eigenvalue weighted by Gasteiger charge is 2.55. The van der Waals surface area contributed by atoms with E-state index in [1.165, 1.54) is 29.2 Å². The van der Waals surface area contributed by atoms with Crippen LogP contribution in [0.4, 0.5) is 13.8 Å². The number of amides is 2. The number of nitrogens with zero attached hydrogens (tertiary/aromatic N) is 6. The van der Waals surface area contributed by atoms with Gasteiger partial charge in [-0.15, -0.1) is 23.1 Å². The number of pyridine rings is 1. The van der Waals surface area contributed by atoms with Gasteiger partial charge in [0, 0.05) is 51.5 Å². The third-order valence-corrected chi connectivity index (χ3v) is 10.4. The summed E-state index contributed by atoms with van der Waals surface area (Å²) >= 11 is 2.43. The third kappa shape index (κ3) is 6.24. The summed E-state index contributed by atoms with van der Waals surface area (Å²) in [6, 6.07) is 4.29. The second-order valence-electron chi connectivity index (χ2n) is 11.8. The summed E-state index contributed by atoms with van der Waals surface area (Å²) in [5.41, 5.74) is 10.9. The molecule has 0 bridgehead atoms. The summed E-state index contributed by atoms with van der Waals surface area (Å²) in [5.74, 6) is -2.31. The molecule has 4 N–H and O–H groups in total. The number of aliphatic carboxylic acids is 1. The topological polar surface area (TPSA) is 168 Å². The maximum atomic E-state index is 14.3. The number of carbonyl (C=O) groups is 3. The predicted octanol–water partition coefficient (Wildman–Crippen LogP) is 3.17. The highest BCUT2D eigenvalue weighted by atomic mass is 32.2. The number of thiazole rings is 1. The Balaban J connectivity index is 1.26. The molecule has 18 heteroatoms. The average molecular weight is 722 g/mol. The molecule has 3 aliphatic rings. The summed E-state index contributed by atoms with van der Waals surface area (Å²) in [6.45, 7) is 7.32. The standard InChI is InChI=1S/C32H31BF2N8O5S2/c1-15-10-17(3)37-23(15)22(26-16(2)11-18(4)43(26)33(34)35)19-6-8-41(9-7-19)12-20-13-49-30-25(29(45)42(30)27(20)31(46)47)39-28(44)24(40-48-5)21-14-50-32(36)38-21/h6-11,14,25,30H,12-13H2,1-5H3,(H3-,36,38,39,44,46,47)/p+1/b40-24+/t25-,30-/m1/s1. The number of carbonyl (C=O) groups excluding carboxylic acids is 2. The van der Waals surface area contributed by atoms with Crippen LogP contribution in [0.15, 0.2) is 74.7 Å². The first-order chi connectivity index (χ1) is 23.8. The molecule has 0 aromatic carbocycles. The molecule has 6 rings (SSSR count). The number of fused-ring (bicyclic) bond motifs is 1. The molecule has 1 fully saturated rings. The minimum absolute atomic E-state index is 0.145. The fraction of sp³-hybridized carbons (Fsp3) is 0.281. The van der Waals surface area contributed by atoms with Gasteiger partial charge in [-0.25, -0.2) is 14.3 Å². The molecule has 13 nitrogen and oxygen atoms in total. The number of aromatic nitrogens is 3. The molecule has 3 aromatic rings. The van der Waals surface area contributed by atoms with E-state index in [2.05, 4.69) is 20.4 Å². The maximum Gasteiger partial charge on any atom is 0.677 e. The zero-order valence-corrected chi connectivity index (χ0v) is 29.2. The van der Waals surface area contributed by atoms with Gasteiger partial charge in [0.1, 0.15) is 29.9 Å². The quantitative estimate of drug-likeness (QED) is 0.0944. The lowest BCUT2D eigenvalue weighted by molar-refractivity contribution is -0.689. The summed E-state index contributed by atoms with van der Waals surface area (Å²) in [5, 5.41) is 17.7. The van der Waals surface area contributed by atoms with Crippen molar-refractivity contribution in [3.63, 3.8) is 0 Å². The Kier molecular flexibility index (Phi) is 9.50. The van der Waals surface area contributed by atoms with E-state index in [1.807, 2.05) is 19.9 Å². The van der Waals surface area contributed by atoms with Crippen LogP contribution >= 0.6 is 23.1 Å². The lowest BCUT2D eigenvalue weighted by Crippen LogP contribution is -2.71. The summed E-state index contributed by atoms with van der Waals surface area (Å²) < 4.78 is 31.5. The van der Waals surface area contributed by atoms with Crippen molar-refractivity contribution >= 4 is 70.4 Å². The van der Waals surface area contributed by atoms with E-state index in [4.69, 9.17) is 10.6 Å². The Morgan fingerprint density at radius 2 is 1.96 bits per heavy atom. The van der Waals surface area contributed by atoms with Crippen molar-refractivity contribution in [1.29, 1.82) is 0 Å². The predicted molar refractivity (Wildman–Crippen MR) is 187 cm³/mol. The van der Waals surface area contributed by atoms with Gasteiger partial charge >= 0.3 is 13.4 Å². The Bertz CT molecular complexity index is 2090. The fourth-order valence-electron chi connectivity index (χ4n) is 6.36. The number of nitrogens with one attached hydrogen (secondary N) is 1. The van der Waals surface area contributed by atoms with Crippen molar-refractivity contribution in [2.45, 2.75) is 45.7 Å². The molecule has 3 aromatic heterocycles. The number of aliphatic imine (C=N–C) groups is 1. The number of halogens is 2. The number of nitrogens with two attached hydrogens (primary N) is 1. The molecular weight excluding hydrogens is 689 g/mol. The van der Waals surface area contributed by atoms with Crippen molar-refractivity contribution in [3.8, 4) is 0 Å². The SMILES string of the molecule is CO/N=C(/C(=O)N[C@@H]1C(=O)N2C(C(=O)O)=C(C[n+]3ccc(C(=C4N=C(C)C=C4C)c4c(C)cc(C)n4B(F)F)cc3)CS[C@H]12)c1csc(N)n1. The van der Waals surface area contributed by atoms with E-state index in [0.717, 1.165) is 27.1 Å². The Labute approximate surface area is 294 Å². The molecule has 0 spiro atoms. The van der Waals surface area contributed by atoms with Gasteiger partial charge in [0.2, 0.25) is 0 Å². The van der Waals surface area contributed by atoms with Crippen LogP contribution in [0.5, 0.6) is 0 Å². The number of aryl methyl sites for hydroxylation is 2. The van der Waals surface area contributed by atoms with Gasteiger partial charge in [-0.2, -0.15) is 0 Å². The van der Waals surface area contributed by atoms with Gasteiger partial charge in [-0.05, 0) is 56.5 Å². The van der Waals surface area contributed by atoms with Crippen molar-refractivity contribution in [2.75, 3.05) is 18.6 Å². The van der Waals surface area contributed by atoms with E-state index < -0.39 is 36.6 Å². The van der Waals surface area contributed by atoms with Crippen LogP contribution in [0.3, 0.4) is 0 Å². The van der Waals surface area contributed by atoms with Crippen molar-refractivity contribution in [2.24, 2.45) is 10.1 Å². The molecule has 0 radical (unpaired) electrons. The van der Waals surface area contributed by atoms with Gasteiger partial charge in [-0.1, -0.05) is 5.16 Å². The van der Waals surface area contributed by atoms with Gasteiger partial charge in [0.05, 0.1) is 5.70 Å². The number of anilines is 1.